The number of H-pyrrole nitrogens is 1. The first-order chi connectivity index (χ1) is 12.3. The van der Waals surface area contributed by atoms with Gasteiger partial charge >= 0.3 is 0 Å². The molecule has 1 amide bonds. The first-order valence-corrected chi connectivity index (χ1v) is 8.98. The number of hydrogen-bond donors (Lipinski definition) is 1. The van der Waals surface area contributed by atoms with Gasteiger partial charge in [-0.2, -0.15) is 5.10 Å². The minimum absolute atomic E-state index is 0.0960. The summed E-state index contributed by atoms with van der Waals surface area (Å²) >= 11 is 0. The molecule has 1 N–H and O–H groups in total. The standard InChI is InChI=1S/C20H27N3O3/c1-14-18(15(2)22-21-14)10-19(24)23-11-17(26-20(3,4)13-23)12-25-16-8-6-5-7-9-16/h5-9,17H,10-13H2,1-4H3,(H,21,22). The lowest BCUT2D eigenvalue weighted by molar-refractivity contribution is -0.165. The number of nitrogens with zero attached hydrogens (tertiary/aromatic N) is 2. The quantitative estimate of drug-likeness (QED) is 0.893. The fraction of sp³-hybridized carbons (Fsp3) is 0.500. The minimum atomic E-state index is -0.404. The molecular formula is C20H27N3O3. The molecular weight excluding hydrogens is 330 g/mol. The first kappa shape index (κ1) is 18.5. The van der Waals surface area contributed by atoms with Gasteiger partial charge in [-0.1, -0.05) is 18.2 Å². The summed E-state index contributed by atoms with van der Waals surface area (Å²) < 4.78 is 12.0. The largest absolute Gasteiger partial charge is 0.491 e. The van der Waals surface area contributed by atoms with Gasteiger partial charge < -0.3 is 14.4 Å². The average Bonchev–Trinajstić information content (AvgIpc) is 2.91. The Morgan fingerprint density at radius 2 is 2.08 bits per heavy atom. The van der Waals surface area contributed by atoms with E-state index in [0.717, 1.165) is 22.7 Å². The second-order valence-corrected chi connectivity index (χ2v) is 7.49. The molecule has 26 heavy (non-hydrogen) atoms. The van der Waals surface area contributed by atoms with Crippen LogP contribution in [-0.4, -0.2) is 52.4 Å². The second kappa shape index (κ2) is 7.50. The van der Waals surface area contributed by atoms with Crippen LogP contribution in [0.3, 0.4) is 0 Å². The van der Waals surface area contributed by atoms with Crippen molar-refractivity contribution in [3.8, 4) is 5.75 Å². The monoisotopic (exact) mass is 357 g/mol. The van der Waals surface area contributed by atoms with Gasteiger partial charge in [-0.3, -0.25) is 9.89 Å². The number of amides is 1. The maximum absolute atomic E-state index is 12.9. The van der Waals surface area contributed by atoms with E-state index in [1.807, 2.05) is 62.9 Å². The number of hydrogen-bond acceptors (Lipinski definition) is 4. The normalized spacial score (nSPS) is 19.4. The molecule has 0 saturated carbocycles. The molecule has 1 aliphatic rings. The molecule has 2 aromatic rings. The maximum atomic E-state index is 12.9. The van der Waals surface area contributed by atoms with E-state index >= 15 is 0 Å². The highest BCUT2D eigenvalue weighted by molar-refractivity contribution is 5.79. The smallest absolute Gasteiger partial charge is 0.227 e. The van der Waals surface area contributed by atoms with Crippen molar-refractivity contribution in [2.24, 2.45) is 0 Å². The molecule has 1 saturated heterocycles. The fourth-order valence-corrected chi connectivity index (χ4v) is 3.38. The van der Waals surface area contributed by atoms with E-state index in [-0.39, 0.29) is 12.0 Å². The van der Waals surface area contributed by atoms with Gasteiger partial charge in [0.05, 0.1) is 24.3 Å². The number of ether oxygens (including phenoxy) is 2. The summed E-state index contributed by atoms with van der Waals surface area (Å²) in [7, 11) is 0. The zero-order chi connectivity index (χ0) is 18.7. The van der Waals surface area contributed by atoms with Crippen molar-refractivity contribution in [1.29, 1.82) is 0 Å². The molecule has 2 heterocycles. The van der Waals surface area contributed by atoms with Crippen molar-refractivity contribution in [3.63, 3.8) is 0 Å². The number of aromatic nitrogens is 2. The molecule has 1 aromatic heterocycles. The minimum Gasteiger partial charge on any atom is -0.491 e. The van der Waals surface area contributed by atoms with E-state index in [0.29, 0.717) is 26.1 Å². The number of nitrogens with one attached hydrogen (secondary N) is 1. The van der Waals surface area contributed by atoms with Crippen LogP contribution in [0.5, 0.6) is 5.75 Å². The highest BCUT2D eigenvalue weighted by Gasteiger charge is 2.36. The molecule has 1 aromatic carbocycles. The predicted octanol–water partition coefficient (Wildman–Crippen LogP) is 2.65. The van der Waals surface area contributed by atoms with Crippen LogP contribution in [-0.2, 0) is 16.0 Å². The van der Waals surface area contributed by atoms with Gasteiger partial charge in [0.1, 0.15) is 18.5 Å². The molecule has 140 valence electrons. The maximum Gasteiger partial charge on any atom is 0.227 e. The van der Waals surface area contributed by atoms with Gasteiger partial charge in [0.15, 0.2) is 0 Å². The van der Waals surface area contributed by atoms with Crippen molar-refractivity contribution >= 4 is 5.91 Å². The Bertz CT molecular complexity index is 735. The van der Waals surface area contributed by atoms with Crippen molar-refractivity contribution in [2.75, 3.05) is 19.7 Å². The van der Waals surface area contributed by atoms with Crippen molar-refractivity contribution < 1.29 is 14.3 Å². The van der Waals surface area contributed by atoms with E-state index in [9.17, 15) is 4.79 Å². The molecule has 1 aliphatic heterocycles. The topological polar surface area (TPSA) is 67.5 Å². The molecule has 3 rings (SSSR count). The summed E-state index contributed by atoms with van der Waals surface area (Å²) in [6.07, 6.45) is 0.200. The average molecular weight is 357 g/mol. The molecule has 1 unspecified atom stereocenters. The number of carbonyl (C=O) groups is 1. The van der Waals surface area contributed by atoms with Gasteiger partial charge in [0.25, 0.3) is 0 Å². The van der Waals surface area contributed by atoms with E-state index in [1.54, 1.807) is 0 Å². The van der Waals surface area contributed by atoms with Crippen LogP contribution in [0.2, 0.25) is 0 Å². The van der Waals surface area contributed by atoms with Crippen molar-refractivity contribution in [2.45, 2.75) is 45.8 Å². The number of aromatic amines is 1. The van der Waals surface area contributed by atoms with Crippen LogP contribution in [0.1, 0.15) is 30.8 Å². The van der Waals surface area contributed by atoms with Gasteiger partial charge in [-0.15, -0.1) is 0 Å². The van der Waals surface area contributed by atoms with Crippen LogP contribution in [0, 0.1) is 13.8 Å². The van der Waals surface area contributed by atoms with Crippen LogP contribution in [0.15, 0.2) is 30.3 Å². The van der Waals surface area contributed by atoms with Crippen LogP contribution >= 0.6 is 0 Å². The summed E-state index contributed by atoms with van der Waals surface area (Å²) in [6.45, 7) is 9.41. The van der Waals surface area contributed by atoms with Gasteiger partial charge in [-0.05, 0) is 39.8 Å². The molecule has 0 spiro atoms. The van der Waals surface area contributed by atoms with Gasteiger partial charge in [-0.25, -0.2) is 0 Å². The molecule has 0 radical (unpaired) electrons. The zero-order valence-electron chi connectivity index (χ0n) is 15.9. The third kappa shape index (κ3) is 4.43. The molecule has 1 fully saturated rings. The van der Waals surface area contributed by atoms with Crippen LogP contribution < -0.4 is 4.74 Å². The molecule has 1 atom stereocenters. The Kier molecular flexibility index (Phi) is 5.32. The lowest BCUT2D eigenvalue weighted by Crippen LogP contribution is -2.56. The lowest BCUT2D eigenvalue weighted by Gasteiger charge is -2.42. The highest BCUT2D eigenvalue weighted by Crippen LogP contribution is 2.23. The third-order valence-electron chi connectivity index (χ3n) is 4.62. The number of benzene rings is 1. The van der Waals surface area contributed by atoms with E-state index in [2.05, 4.69) is 10.2 Å². The third-order valence-corrected chi connectivity index (χ3v) is 4.62. The Hall–Kier alpha value is -2.34. The summed E-state index contributed by atoms with van der Waals surface area (Å²) in [4.78, 5) is 14.7. The Labute approximate surface area is 154 Å². The fourth-order valence-electron chi connectivity index (χ4n) is 3.38. The Morgan fingerprint density at radius 1 is 1.35 bits per heavy atom. The van der Waals surface area contributed by atoms with E-state index < -0.39 is 5.60 Å². The SMILES string of the molecule is Cc1n[nH]c(C)c1CC(=O)N1CC(COc2ccccc2)OC(C)(C)C1. The summed E-state index contributed by atoms with van der Waals surface area (Å²) in [5.74, 6) is 0.903. The summed E-state index contributed by atoms with van der Waals surface area (Å²) in [6, 6.07) is 9.66. The Balaban J connectivity index is 1.64. The molecule has 6 heteroatoms. The molecule has 6 nitrogen and oxygen atoms in total. The summed E-state index contributed by atoms with van der Waals surface area (Å²) in [5.41, 5.74) is 2.41. The van der Waals surface area contributed by atoms with Crippen LogP contribution in [0.25, 0.3) is 0 Å². The second-order valence-electron chi connectivity index (χ2n) is 7.49. The highest BCUT2D eigenvalue weighted by atomic mass is 16.5. The number of morpholine rings is 1. The van der Waals surface area contributed by atoms with E-state index in [1.165, 1.54) is 0 Å². The summed E-state index contributed by atoms with van der Waals surface area (Å²) in [5, 5.41) is 7.12. The van der Waals surface area contributed by atoms with Gasteiger partial charge in [0.2, 0.25) is 5.91 Å². The van der Waals surface area contributed by atoms with Crippen molar-refractivity contribution in [1.82, 2.24) is 15.1 Å². The number of aryl methyl sites for hydroxylation is 2. The zero-order valence-corrected chi connectivity index (χ0v) is 15.9. The molecule has 0 bridgehead atoms. The first-order valence-electron chi connectivity index (χ1n) is 8.98. The van der Waals surface area contributed by atoms with Gasteiger partial charge in [0, 0.05) is 17.8 Å². The number of para-hydroxylation sites is 1. The van der Waals surface area contributed by atoms with Crippen molar-refractivity contribution in [3.05, 3.63) is 47.3 Å². The Morgan fingerprint density at radius 3 is 2.73 bits per heavy atom. The predicted molar refractivity (Wildman–Crippen MR) is 99.2 cm³/mol. The molecule has 0 aliphatic carbocycles. The van der Waals surface area contributed by atoms with Crippen LogP contribution in [0.4, 0.5) is 0 Å². The lowest BCUT2D eigenvalue weighted by atomic mass is 10.0. The number of carbonyl (C=O) groups excluding carboxylic acids is 1. The van der Waals surface area contributed by atoms with E-state index in [4.69, 9.17) is 9.47 Å². The number of rotatable bonds is 5.